The summed E-state index contributed by atoms with van der Waals surface area (Å²) in [5.74, 6) is 0. The molecule has 0 bridgehead atoms. The van der Waals surface area contributed by atoms with Crippen LogP contribution in [0.4, 0.5) is 0 Å². The quantitative estimate of drug-likeness (QED) is 0.585. The molecule has 0 saturated carbocycles. The van der Waals surface area contributed by atoms with Crippen molar-refractivity contribution in [2.45, 2.75) is 26.2 Å². The van der Waals surface area contributed by atoms with E-state index in [1.54, 1.807) is 22.7 Å². The van der Waals surface area contributed by atoms with Crippen LogP contribution in [0.25, 0.3) is 9.40 Å². The maximum absolute atomic E-state index is 5.19. The Kier molecular flexibility index (Phi) is 2.50. The van der Waals surface area contributed by atoms with Gasteiger partial charge in [0.25, 0.3) is 0 Å². The van der Waals surface area contributed by atoms with E-state index >= 15 is 0 Å². The van der Waals surface area contributed by atoms with E-state index < -0.39 is 0 Å². The highest BCUT2D eigenvalue weighted by Crippen LogP contribution is 2.32. The maximum Gasteiger partial charge on any atom is 0.144 e. The highest BCUT2D eigenvalue weighted by Gasteiger charge is 2.14. The second-order valence-corrected chi connectivity index (χ2v) is 7.65. The van der Waals surface area contributed by atoms with E-state index in [1.165, 1.54) is 15.0 Å². The Labute approximate surface area is 97.2 Å². The lowest BCUT2D eigenvalue weighted by atomic mass is 9.87. The fourth-order valence-corrected chi connectivity index (χ4v) is 3.84. The van der Waals surface area contributed by atoms with E-state index in [9.17, 15) is 0 Å². The molecule has 1 aromatic heterocycles. The van der Waals surface area contributed by atoms with Crippen LogP contribution in [0.15, 0.2) is 18.2 Å². The zero-order chi connectivity index (χ0) is 10.3. The van der Waals surface area contributed by atoms with E-state index in [1.807, 2.05) is 0 Å². The molecule has 0 fully saturated rings. The van der Waals surface area contributed by atoms with Crippen LogP contribution in [0, 0.1) is 3.14 Å². The van der Waals surface area contributed by atoms with Crippen molar-refractivity contribution < 1.29 is 0 Å². The molecule has 74 valence electrons. The molecule has 0 amide bonds. The molecule has 0 aliphatic carbocycles. The van der Waals surface area contributed by atoms with Crippen LogP contribution in [0.3, 0.4) is 0 Å². The van der Waals surface area contributed by atoms with Crippen molar-refractivity contribution >= 4 is 44.3 Å². The third-order valence-corrected chi connectivity index (χ3v) is 4.79. The molecule has 0 N–H and O–H groups in total. The van der Waals surface area contributed by atoms with Crippen molar-refractivity contribution in [3.8, 4) is 0 Å². The molecule has 0 radical (unpaired) electrons. The zero-order valence-corrected chi connectivity index (χ0v) is 10.9. The lowest BCUT2D eigenvalue weighted by molar-refractivity contribution is 0.591. The molecule has 0 saturated heterocycles. The first-order chi connectivity index (χ1) is 6.47. The summed E-state index contributed by atoms with van der Waals surface area (Å²) < 4.78 is 3.66. The number of benzene rings is 1. The van der Waals surface area contributed by atoms with Crippen molar-refractivity contribution in [3.05, 3.63) is 26.9 Å². The third-order valence-electron chi connectivity index (χ3n) is 2.20. The maximum atomic E-state index is 5.19. The molecule has 0 aliphatic heterocycles. The van der Waals surface area contributed by atoms with Crippen LogP contribution < -0.4 is 0 Å². The molecule has 0 unspecified atom stereocenters. The monoisotopic (exact) mass is 240 g/mol. The molecular weight excluding hydrogens is 228 g/mol. The lowest BCUT2D eigenvalue weighted by Gasteiger charge is -2.18. The Morgan fingerprint density at radius 1 is 1.07 bits per heavy atom. The first-order valence-electron chi connectivity index (χ1n) is 4.51. The Balaban J connectivity index is 2.67. The molecule has 14 heavy (non-hydrogen) atoms. The van der Waals surface area contributed by atoms with Crippen molar-refractivity contribution in [1.82, 2.24) is 0 Å². The summed E-state index contributed by atoms with van der Waals surface area (Å²) in [6.07, 6.45) is 0. The van der Waals surface area contributed by atoms with Gasteiger partial charge < -0.3 is 0 Å². The minimum Gasteiger partial charge on any atom is -0.113 e. The van der Waals surface area contributed by atoms with E-state index in [0.29, 0.717) is 0 Å². The van der Waals surface area contributed by atoms with Gasteiger partial charge in [-0.15, -0.1) is 22.7 Å². The molecule has 2 rings (SSSR count). The highest BCUT2D eigenvalue weighted by molar-refractivity contribution is 7.77. The molecule has 0 aliphatic rings. The largest absolute Gasteiger partial charge is 0.144 e. The van der Waals surface area contributed by atoms with Crippen LogP contribution in [0.2, 0.25) is 0 Å². The first kappa shape index (κ1) is 10.3. The zero-order valence-electron chi connectivity index (χ0n) is 8.46. The van der Waals surface area contributed by atoms with E-state index in [4.69, 9.17) is 12.2 Å². The summed E-state index contributed by atoms with van der Waals surface area (Å²) >= 11 is 8.61. The van der Waals surface area contributed by atoms with Gasteiger partial charge in [0.2, 0.25) is 0 Å². The Hall–Kier alpha value is -0.250. The van der Waals surface area contributed by atoms with Gasteiger partial charge in [0, 0.05) is 9.40 Å². The van der Waals surface area contributed by atoms with Gasteiger partial charge in [0.15, 0.2) is 0 Å². The van der Waals surface area contributed by atoms with Gasteiger partial charge in [0.05, 0.1) is 0 Å². The minimum atomic E-state index is 0.227. The molecule has 0 atom stereocenters. The van der Waals surface area contributed by atoms with Crippen molar-refractivity contribution in [2.75, 3.05) is 0 Å². The number of rotatable bonds is 0. The fraction of sp³-hybridized carbons (Fsp3) is 0.364. The topological polar surface area (TPSA) is 0 Å². The van der Waals surface area contributed by atoms with E-state index in [2.05, 4.69) is 39.0 Å². The summed E-state index contributed by atoms with van der Waals surface area (Å²) in [5.41, 5.74) is 1.61. The highest BCUT2D eigenvalue weighted by atomic mass is 32.2. The standard InChI is InChI=1S/C11H12S3/c1-11(2,3)7-4-5-8-9(6-7)14-10(12)13-8/h4-6H,1-3H3. The van der Waals surface area contributed by atoms with Gasteiger partial charge in [-0.1, -0.05) is 39.1 Å². The van der Waals surface area contributed by atoms with Crippen molar-refractivity contribution in [1.29, 1.82) is 0 Å². The van der Waals surface area contributed by atoms with Gasteiger partial charge in [-0.3, -0.25) is 0 Å². The SMILES string of the molecule is CC(C)(C)c1ccc2sc(=S)sc2c1. The number of hydrogen-bond acceptors (Lipinski definition) is 3. The van der Waals surface area contributed by atoms with Gasteiger partial charge in [0.1, 0.15) is 3.14 Å². The second-order valence-electron chi connectivity index (χ2n) is 4.37. The molecule has 1 aromatic carbocycles. The van der Waals surface area contributed by atoms with E-state index in [-0.39, 0.29) is 5.41 Å². The summed E-state index contributed by atoms with van der Waals surface area (Å²) in [6, 6.07) is 6.67. The van der Waals surface area contributed by atoms with E-state index in [0.717, 1.165) is 3.14 Å². The Morgan fingerprint density at radius 3 is 2.36 bits per heavy atom. The number of fused-ring (bicyclic) bond motifs is 1. The van der Waals surface area contributed by atoms with Gasteiger partial charge in [-0.25, -0.2) is 0 Å². The molecule has 1 heterocycles. The molecule has 3 heteroatoms. The molecule has 0 spiro atoms. The minimum absolute atomic E-state index is 0.227. The van der Waals surface area contributed by atoms with Crippen LogP contribution in [0.1, 0.15) is 26.3 Å². The smallest absolute Gasteiger partial charge is 0.113 e. The normalized spacial score (nSPS) is 12.2. The molecule has 0 nitrogen and oxygen atoms in total. The second kappa shape index (κ2) is 3.40. The Morgan fingerprint density at radius 2 is 1.71 bits per heavy atom. The Bertz CT molecular complexity index is 511. The van der Waals surface area contributed by atoms with Gasteiger partial charge in [-0.05, 0) is 23.1 Å². The van der Waals surface area contributed by atoms with Crippen molar-refractivity contribution in [3.63, 3.8) is 0 Å². The predicted octanol–water partition coefficient (Wildman–Crippen LogP) is 4.99. The predicted molar refractivity (Wildman–Crippen MR) is 69.2 cm³/mol. The molecule has 2 aromatic rings. The van der Waals surface area contributed by atoms with Gasteiger partial charge >= 0.3 is 0 Å². The summed E-state index contributed by atoms with van der Waals surface area (Å²) in [7, 11) is 0. The average molecular weight is 240 g/mol. The number of hydrogen-bond donors (Lipinski definition) is 0. The summed E-state index contributed by atoms with van der Waals surface area (Å²) in [4.78, 5) is 0. The van der Waals surface area contributed by atoms with Crippen LogP contribution in [-0.2, 0) is 5.41 Å². The summed E-state index contributed by atoms with van der Waals surface area (Å²) in [5, 5.41) is 0. The van der Waals surface area contributed by atoms with Crippen LogP contribution in [0.5, 0.6) is 0 Å². The molecular formula is C11H12S3. The van der Waals surface area contributed by atoms with Crippen LogP contribution in [-0.4, -0.2) is 0 Å². The third kappa shape index (κ3) is 1.90. The fourth-order valence-electron chi connectivity index (χ4n) is 1.34. The van der Waals surface area contributed by atoms with Gasteiger partial charge in [-0.2, -0.15) is 0 Å². The average Bonchev–Trinajstić information content (AvgIpc) is 2.41. The van der Waals surface area contributed by atoms with Crippen LogP contribution >= 0.6 is 34.9 Å². The van der Waals surface area contributed by atoms with Crippen molar-refractivity contribution in [2.24, 2.45) is 0 Å². The summed E-state index contributed by atoms with van der Waals surface area (Å²) in [6.45, 7) is 6.71. The lowest BCUT2D eigenvalue weighted by Crippen LogP contribution is -2.10. The first-order valence-corrected chi connectivity index (χ1v) is 6.55.